The first-order chi connectivity index (χ1) is 22.5. The molecule has 1 saturated heterocycles. The summed E-state index contributed by atoms with van der Waals surface area (Å²) in [6, 6.07) is 8.41. The van der Waals surface area contributed by atoms with E-state index >= 15 is 0 Å². The Kier molecular flexibility index (Phi) is 14.4. The lowest BCUT2D eigenvalue weighted by Crippen LogP contribution is -2.36. The highest BCUT2D eigenvalue weighted by molar-refractivity contribution is 7.66. The molecule has 8 N–H and O–H groups in total. The Morgan fingerprint density at radius 2 is 1.75 bits per heavy atom. The van der Waals surface area contributed by atoms with Gasteiger partial charge in [0.25, 0.3) is 5.91 Å². The van der Waals surface area contributed by atoms with Gasteiger partial charge in [-0.1, -0.05) is 12.1 Å². The third-order valence-corrected chi connectivity index (χ3v) is 9.84. The van der Waals surface area contributed by atoms with Crippen LogP contribution < -0.4 is 21.2 Å². The summed E-state index contributed by atoms with van der Waals surface area (Å²) in [5, 5.41) is 23.3. The third-order valence-electron chi connectivity index (χ3n) is 6.03. The number of hydrogen-bond acceptors (Lipinski definition) is 15. The van der Waals surface area contributed by atoms with Crippen LogP contribution >= 0.6 is 23.5 Å². The number of nitrogens with zero attached hydrogens (tertiary/aromatic N) is 2. The Bertz CT molecular complexity index is 1630. The van der Waals surface area contributed by atoms with Crippen LogP contribution in [-0.4, -0.2) is 89.9 Å². The van der Waals surface area contributed by atoms with Crippen LogP contribution in [0, 0.1) is 12.3 Å². The molecule has 1 aliphatic rings. The van der Waals surface area contributed by atoms with Crippen molar-refractivity contribution in [3.63, 3.8) is 0 Å². The average molecular weight is 742 g/mol. The lowest BCUT2D eigenvalue weighted by molar-refractivity contribution is -0.123. The highest BCUT2D eigenvalue weighted by Gasteiger charge is 2.46. The van der Waals surface area contributed by atoms with Crippen molar-refractivity contribution in [2.24, 2.45) is 0 Å². The lowest BCUT2D eigenvalue weighted by Gasteiger charge is -2.19. The van der Waals surface area contributed by atoms with Crippen LogP contribution in [0.15, 0.2) is 41.3 Å². The second-order valence-electron chi connectivity index (χ2n) is 9.73. The molecule has 1 amide bonds. The number of ether oxygens (including phenoxy) is 2. The fourth-order valence-corrected chi connectivity index (χ4v) is 6.96. The number of aromatic nitrogens is 2. The summed E-state index contributed by atoms with van der Waals surface area (Å²) in [6.07, 6.45) is 1.17. The van der Waals surface area contributed by atoms with Crippen molar-refractivity contribution in [1.82, 2.24) is 14.9 Å². The van der Waals surface area contributed by atoms with Crippen LogP contribution in [0.5, 0.6) is 5.75 Å². The summed E-state index contributed by atoms with van der Waals surface area (Å²) in [4.78, 5) is 69.3. The van der Waals surface area contributed by atoms with Gasteiger partial charge in [-0.15, -0.1) is 12.3 Å². The molecule has 2 heterocycles. The number of phosphoric acid groups is 3. The molecular weight excluding hydrogens is 709 g/mol. The number of carbonyl (C=O) groups is 1. The number of rotatable bonds is 19. The minimum absolute atomic E-state index is 0.00155. The average Bonchev–Trinajstić information content (AvgIpc) is 3.26. The Hall–Kier alpha value is -3.02. The molecule has 0 saturated carbocycles. The fourth-order valence-electron chi connectivity index (χ4n) is 3.93. The Balaban J connectivity index is 1.42. The van der Waals surface area contributed by atoms with Gasteiger partial charge in [-0.05, 0) is 36.6 Å². The molecule has 24 heteroatoms. The van der Waals surface area contributed by atoms with Crippen LogP contribution in [-0.2, 0) is 47.6 Å². The number of aliphatic hydroxyl groups is 2. The standard InChI is InChI=1S/C24H33N4O17P3/c1-2-3-11-25-20(29)15-40-17-8-6-16(7-9-17)5-4-13-41-27-19-10-12-28(24(32)26-19)23-22(31)21(30)18(43-23)14-42-47(36,37)45-48(38,39)44-46(33,34)35/h1,6-10,12,18,21-23,30-31H,3-5,11,13-15H2,(H,25,29)(H,36,37)(H,38,39)(H,26,27,32)(H2,33,34,35)/t18-,21-,22-,23-/m1/s1. The molecule has 6 atom stereocenters. The molecule has 2 unspecified atom stereocenters. The van der Waals surface area contributed by atoms with Crippen molar-refractivity contribution in [1.29, 1.82) is 0 Å². The molecule has 0 bridgehead atoms. The number of amides is 1. The van der Waals surface area contributed by atoms with Crippen LogP contribution in [0.2, 0.25) is 0 Å². The van der Waals surface area contributed by atoms with Gasteiger partial charge in [-0.3, -0.25) is 18.7 Å². The van der Waals surface area contributed by atoms with Gasteiger partial charge in [0.1, 0.15) is 24.1 Å². The fraction of sp³-hybridized carbons (Fsp3) is 0.458. The van der Waals surface area contributed by atoms with Crippen LogP contribution in [0.1, 0.15) is 24.6 Å². The quantitative estimate of drug-likeness (QED) is 0.0396. The molecule has 0 radical (unpaired) electrons. The van der Waals surface area contributed by atoms with Crippen LogP contribution in [0.3, 0.4) is 0 Å². The Morgan fingerprint density at radius 1 is 1.04 bits per heavy atom. The summed E-state index contributed by atoms with van der Waals surface area (Å²) in [7, 11) is -16.9. The van der Waals surface area contributed by atoms with E-state index in [1.54, 1.807) is 12.1 Å². The zero-order chi connectivity index (χ0) is 35.5. The molecule has 48 heavy (non-hydrogen) atoms. The van der Waals surface area contributed by atoms with E-state index in [1.807, 2.05) is 12.1 Å². The first-order valence-electron chi connectivity index (χ1n) is 13.7. The minimum atomic E-state index is -5.77. The van der Waals surface area contributed by atoms with Gasteiger partial charge in [0.05, 0.1) is 13.2 Å². The van der Waals surface area contributed by atoms with Crippen molar-refractivity contribution < 1.29 is 75.7 Å². The topological polar surface area (TPSA) is 304 Å². The molecule has 0 spiro atoms. The van der Waals surface area contributed by atoms with E-state index in [1.165, 1.54) is 6.07 Å². The van der Waals surface area contributed by atoms with Gasteiger partial charge < -0.3 is 44.6 Å². The highest BCUT2D eigenvalue weighted by atomic mass is 31.3. The molecule has 1 aromatic carbocycles. The predicted octanol–water partition coefficient (Wildman–Crippen LogP) is -0.300. The molecule has 2 aromatic rings. The van der Waals surface area contributed by atoms with E-state index in [0.29, 0.717) is 31.6 Å². The first kappa shape index (κ1) is 39.4. The maximum absolute atomic E-state index is 12.6. The van der Waals surface area contributed by atoms with E-state index in [4.69, 9.17) is 30.5 Å². The zero-order valence-corrected chi connectivity index (χ0v) is 27.4. The van der Waals surface area contributed by atoms with Crippen molar-refractivity contribution in [3.8, 4) is 18.1 Å². The maximum atomic E-state index is 12.6. The van der Waals surface area contributed by atoms with Gasteiger partial charge in [0.15, 0.2) is 18.7 Å². The normalized spacial score (nSPS) is 21.9. The van der Waals surface area contributed by atoms with Crippen LogP contribution in [0.25, 0.3) is 0 Å². The Labute approximate surface area is 272 Å². The Morgan fingerprint density at radius 3 is 2.40 bits per heavy atom. The molecule has 21 nitrogen and oxygen atoms in total. The molecule has 3 rings (SSSR count). The maximum Gasteiger partial charge on any atom is 0.490 e. The van der Waals surface area contributed by atoms with E-state index in [0.717, 1.165) is 16.3 Å². The van der Waals surface area contributed by atoms with Gasteiger partial charge >= 0.3 is 29.2 Å². The van der Waals surface area contributed by atoms with Gasteiger partial charge in [-0.2, -0.15) is 13.6 Å². The molecule has 0 aliphatic carbocycles. The SMILES string of the molecule is C#CCCNC(=O)COc1ccc(CCCONc2ccn([C@@H]3O[C@H](COP(=O)(O)OP(=O)(O)OP(=O)(O)O)[C@@H](O)[C@H]3O)c(=O)n2)cc1. The van der Waals surface area contributed by atoms with E-state index in [2.05, 4.69) is 34.8 Å². The van der Waals surface area contributed by atoms with Crippen molar-refractivity contribution >= 4 is 35.2 Å². The number of terminal acetylenes is 1. The number of anilines is 1. The molecule has 266 valence electrons. The first-order valence-corrected chi connectivity index (χ1v) is 18.2. The smallest absolute Gasteiger partial charge is 0.484 e. The molecule has 1 fully saturated rings. The predicted molar refractivity (Wildman–Crippen MR) is 161 cm³/mol. The summed E-state index contributed by atoms with van der Waals surface area (Å²) in [6.45, 7) is -0.603. The number of carbonyl (C=O) groups excluding carboxylic acids is 1. The van der Waals surface area contributed by atoms with E-state index in [-0.39, 0.29) is 24.9 Å². The summed E-state index contributed by atoms with van der Waals surface area (Å²) in [5.41, 5.74) is 2.52. The molecular formula is C24H33N4O17P3. The lowest BCUT2D eigenvalue weighted by atomic mass is 10.1. The van der Waals surface area contributed by atoms with E-state index < -0.39 is 60.3 Å². The number of phosphoric ester groups is 1. The van der Waals surface area contributed by atoms with Crippen molar-refractivity contribution in [2.75, 3.05) is 31.8 Å². The highest BCUT2D eigenvalue weighted by Crippen LogP contribution is 2.66. The number of benzene rings is 1. The number of nitrogens with one attached hydrogen (secondary N) is 2. The van der Waals surface area contributed by atoms with Gasteiger partial charge in [0, 0.05) is 19.2 Å². The zero-order valence-electron chi connectivity index (χ0n) is 24.7. The van der Waals surface area contributed by atoms with Crippen LogP contribution in [0.4, 0.5) is 5.82 Å². The van der Waals surface area contributed by atoms with E-state index in [9.17, 15) is 43.3 Å². The number of aliphatic hydroxyl groups excluding tert-OH is 2. The molecule has 1 aliphatic heterocycles. The van der Waals surface area contributed by atoms with Crippen molar-refractivity contribution in [3.05, 3.63) is 52.6 Å². The monoisotopic (exact) mass is 742 g/mol. The van der Waals surface area contributed by atoms with Gasteiger partial charge in [-0.25, -0.2) is 24.0 Å². The summed E-state index contributed by atoms with van der Waals surface area (Å²) >= 11 is 0. The summed E-state index contributed by atoms with van der Waals surface area (Å²) < 4.78 is 57.3. The third kappa shape index (κ3) is 13.1. The molecule has 1 aromatic heterocycles. The van der Waals surface area contributed by atoms with Gasteiger partial charge in [0.2, 0.25) is 0 Å². The number of hydrogen-bond donors (Lipinski definition) is 8. The second kappa shape index (κ2) is 17.6. The summed E-state index contributed by atoms with van der Waals surface area (Å²) in [5.74, 6) is 2.66. The minimum Gasteiger partial charge on any atom is -0.484 e. The second-order valence-corrected chi connectivity index (χ2v) is 14.1. The largest absolute Gasteiger partial charge is 0.490 e. The number of aryl methyl sites for hydroxylation is 1. The van der Waals surface area contributed by atoms with Crippen molar-refractivity contribution in [2.45, 2.75) is 43.8 Å².